The first kappa shape index (κ1) is 25.0. The van der Waals surface area contributed by atoms with Crippen LogP contribution in [0.3, 0.4) is 0 Å². The van der Waals surface area contributed by atoms with Gasteiger partial charge in [0, 0.05) is 43.7 Å². The van der Waals surface area contributed by atoms with Gasteiger partial charge in [-0.05, 0) is 25.7 Å². The molecular formula is C24H41N3O5. The molecule has 2 amide bonds. The highest BCUT2D eigenvalue weighted by molar-refractivity contribution is 5.83. The van der Waals surface area contributed by atoms with E-state index in [2.05, 4.69) is 10.2 Å². The molecule has 0 aromatic carbocycles. The lowest BCUT2D eigenvalue weighted by Crippen LogP contribution is -2.59. The van der Waals surface area contributed by atoms with Gasteiger partial charge in [0.15, 0.2) is 6.61 Å². The first-order valence-electron chi connectivity index (χ1n) is 12.3. The van der Waals surface area contributed by atoms with Gasteiger partial charge in [0.25, 0.3) is 5.91 Å². The van der Waals surface area contributed by atoms with Gasteiger partial charge in [-0.3, -0.25) is 19.3 Å². The normalized spacial score (nSPS) is 22.9. The second kappa shape index (κ2) is 11.0. The van der Waals surface area contributed by atoms with E-state index in [0.717, 1.165) is 39.1 Å². The van der Waals surface area contributed by atoms with Gasteiger partial charge in [0.2, 0.25) is 5.91 Å². The number of nitrogens with zero attached hydrogens (tertiary/aromatic N) is 2. The van der Waals surface area contributed by atoms with Crippen LogP contribution in [0.15, 0.2) is 0 Å². The highest BCUT2D eigenvalue weighted by Gasteiger charge is 2.39. The molecule has 3 rings (SSSR count). The van der Waals surface area contributed by atoms with E-state index in [1.807, 2.05) is 25.7 Å². The number of rotatable bonds is 6. The average Bonchev–Trinajstić information content (AvgIpc) is 2.81. The van der Waals surface area contributed by atoms with Gasteiger partial charge < -0.3 is 19.7 Å². The first-order chi connectivity index (χ1) is 15.2. The molecule has 1 N–H and O–H groups in total. The number of nitrogens with one attached hydrogen (secondary N) is 1. The van der Waals surface area contributed by atoms with Crippen molar-refractivity contribution < 1.29 is 23.9 Å². The lowest BCUT2D eigenvalue weighted by atomic mass is 9.79. The van der Waals surface area contributed by atoms with Gasteiger partial charge in [-0.25, -0.2) is 0 Å². The number of carbonyl (C=O) groups excluding carboxylic acids is 3. The molecule has 0 aromatic heterocycles. The molecule has 2 saturated heterocycles. The van der Waals surface area contributed by atoms with Gasteiger partial charge >= 0.3 is 5.97 Å². The number of likely N-dealkylation sites (tertiary alicyclic amines) is 1. The number of carbonyl (C=O) groups is 3. The fourth-order valence-corrected chi connectivity index (χ4v) is 5.21. The summed E-state index contributed by atoms with van der Waals surface area (Å²) in [5.41, 5.74) is -0.420. The van der Waals surface area contributed by atoms with E-state index in [0.29, 0.717) is 32.5 Å². The van der Waals surface area contributed by atoms with Crippen LogP contribution in [-0.4, -0.2) is 85.7 Å². The molecule has 0 atom stereocenters. The number of morpholine rings is 1. The Hall–Kier alpha value is -1.67. The number of hydrogen-bond acceptors (Lipinski definition) is 6. The maximum absolute atomic E-state index is 12.5. The quantitative estimate of drug-likeness (QED) is 0.621. The van der Waals surface area contributed by atoms with E-state index in [1.54, 1.807) is 0 Å². The lowest BCUT2D eigenvalue weighted by Gasteiger charge is -2.48. The number of esters is 1. The maximum Gasteiger partial charge on any atom is 0.309 e. The topological polar surface area (TPSA) is 88.2 Å². The Bertz CT molecular complexity index is 655. The fraction of sp³-hybridized carbons (Fsp3) is 0.875. The molecule has 0 unspecified atom stereocenters. The van der Waals surface area contributed by atoms with Gasteiger partial charge in [-0.1, -0.05) is 40.0 Å². The minimum absolute atomic E-state index is 0.00583. The van der Waals surface area contributed by atoms with Gasteiger partial charge in [-0.2, -0.15) is 0 Å². The monoisotopic (exact) mass is 451 g/mol. The van der Waals surface area contributed by atoms with Crippen LogP contribution in [0.1, 0.15) is 65.7 Å². The van der Waals surface area contributed by atoms with Gasteiger partial charge in [0.1, 0.15) is 0 Å². The zero-order chi connectivity index (χ0) is 23.2. The highest BCUT2D eigenvalue weighted by atomic mass is 16.5. The smallest absolute Gasteiger partial charge is 0.309 e. The van der Waals surface area contributed by atoms with Crippen LogP contribution in [0.4, 0.5) is 0 Å². The third kappa shape index (κ3) is 6.44. The molecule has 0 radical (unpaired) electrons. The van der Waals surface area contributed by atoms with Crippen molar-refractivity contribution in [2.45, 2.75) is 71.3 Å². The van der Waals surface area contributed by atoms with Crippen molar-refractivity contribution in [3.63, 3.8) is 0 Å². The second-order valence-electron chi connectivity index (χ2n) is 10.6. The summed E-state index contributed by atoms with van der Waals surface area (Å²) in [6.07, 6.45) is 6.94. The summed E-state index contributed by atoms with van der Waals surface area (Å²) in [4.78, 5) is 41.6. The van der Waals surface area contributed by atoms with Crippen molar-refractivity contribution in [2.24, 2.45) is 11.3 Å². The van der Waals surface area contributed by atoms with Crippen LogP contribution in [0.5, 0.6) is 0 Å². The molecule has 0 spiro atoms. The Morgan fingerprint density at radius 2 is 1.62 bits per heavy atom. The summed E-state index contributed by atoms with van der Waals surface area (Å²) < 4.78 is 10.8. The van der Waals surface area contributed by atoms with Crippen molar-refractivity contribution in [3.8, 4) is 0 Å². The zero-order valence-corrected chi connectivity index (χ0v) is 20.1. The molecule has 1 saturated carbocycles. The third-order valence-corrected chi connectivity index (χ3v) is 7.18. The van der Waals surface area contributed by atoms with E-state index < -0.39 is 5.41 Å². The van der Waals surface area contributed by atoms with Crippen LogP contribution in [0.25, 0.3) is 0 Å². The molecule has 8 nitrogen and oxygen atoms in total. The van der Waals surface area contributed by atoms with Crippen molar-refractivity contribution in [1.29, 1.82) is 0 Å². The van der Waals surface area contributed by atoms with Crippen LogP contribution < -0.4 is 5.32 Å². The molecule has 0 bridgehead atoms. The Morgan fingerprint density at radius 3 is 2.22 bits per heavy atom. The van der Waals surface area contributed by atoms with E-state index >= 15 is 0 Å². The molecule has 3 aliphatic rings. The van der Waals surface area contributed by atoms with Gasteiger partial charge in [0.05, 0.1) is 19.1 Å². The van der Waals surface area contributed by atoms with E-state index in [1.165, 1.54) is 19.3 Å². The Labute approximate surface area is 192 Å². The van der Waals surface area contributed by atoms with Crippen LogP contribution >= 0.6 is 0 Å². The predicted molar refractivity (Wildman–Crippen MR) is 121 cm³/mol. The molecular weight excluding hydrogens is 410 g/mol. The minimum atomic E-state index is -0.414. The van der Waals surface area contributed by atoms with Crippen LogP contribution in [0, 0.1) is 11.3 Å². The Balaban J connectivity index is 1.41. The SMILES string of the molecule is CC(C)(C)C(=O)N1CCC(C(=O)OCC(=O)NCC2(N3CCOCC3)CCCCC2)CC1. The lowest BCUT2D eigenvalue weighted by molar-refractivity contribution is -0.155. The summed E-state index contributed by atoms with van der Waals surface area (Å²) in [6, 6.07) is 0. The van der Waals surface area contributed by atoms with Crippen LogP contribution in [-0.2, 0) is 23.9 Å². The fourth-order valence-electron chi connectivity index (χ4n) is 5.21. The predicted octanol–water partition coefficient (Wildman–Crippen LogP) is 1.97. The Kier molecular flexibility index (Phi) is 8.55. The number of hydrogen-bond donors (Lipinski definition) is 1. The molecule has 8 heteroatoms. The largest absolute Gasteiger partial charge is 0.455 e. The number of amides is 2. The van der Waals surface area contributed by atoms with Crippen molar-refractivity contribution in [3.05, 3.63) is 0 Å². The zero-order valence-electron chi connectivity index (χ0n) is 20.1. The summed E-state index contributed by atoms with van der Waals surface area (Å²) >= 11 is 0. The maximum atomic E-state index is 12.5. The molecule has 182 valence electrons. The summed E-state index contributed by atoms with van der Waals surface area (Å²) in [5.74, 6) is -0.703. The third-order valence-electron chi connectivity index (χ3n) is 7.18. The molecule has 1 aliphatic carbocycles. The van der Waals surface area contributed by atoms with Gasteiger partial charge in [-0.15, -0.1) is 0 Å². The Morgan fingerprint density at radius 1 is 1.00 bits per heavy atom. The molecule has 3 fully saturated rings. The molecule has 2 heterocycles. The summed E-state index contributed by atoms with van der Waals surface area (Å²) in [7, 11) is 0. The molecule has 2 aliphatic heterocycles. The summed E-state index contributed by atoms with van der Waals surface area (Å²) in [5, 5.41) is 3.04. The van der Waals surface area contributed by atoms with E-state index in [4.69, 9.17) is 9.47 Å². The molecule has 0 aromatic rings. The summed E-state index contributed by atoms with van der Waals surface area (Å²) in [6.45, 7) is 10.5. The number of piperidine rings is 1. The minimum Gasteiger partial charge on any atom is -0.455 e. The van der Waals surface area contributed by atoms with E-state index in [9.17, 15) is 14.4 Å². The van der Waals surface area contributed by atoms with Crippen molar-refractivity contribution >= 4 is 17.8 Å². The number of ether oxygens (including phenoxy) is 2. The standard InChI is InChI=1S/C24H41N3O5/c1-23(2,3)22(30)26-11-7-19(8-12-26)21(29)32-17-20(28)25-18-24(9-5-4-6-10-24)27-13-15-31-16-14-27/h19H,4-18H2,1-3H3,(H,25,28). The first-order valence-corrected chi connectivity index (χ1v) is 12.3. The van der Waals surface area contributed by atoms with Crippen molar-refractivity contribution in [1.82, 2.24) is 15.1 Å². The van der Waals surface area contributed by atoms with Crippen molar-refractivity contribution in [2.75, 3.05) is 52.5 Å². The molecule has 32 heavy (non-hydrogen) atoms. The average molecular weight is 452 g/mol. The highest BCUT2D eigenvalue weighted by Crippen LogP contribution is 2.34. The second-order valence-corrected chi connectivity index (χ2v) is 10.6. The van der Waals surface area contributed by atoms with Crippen LogP contribution in [0.2, 0.25) is 0 Å². The van der Waals surface area contributed by atoms with E-state index in [-0.39, 0.29) is 35.8 Å².